The summed E-state index contributed by atoms with van der Waals surface area (Å²) in [6.07, 6.45) is 3.06. The molecule has 1 N–H and O–H groups in total. The molecule has 3 nitrogen and oxygen atoms in total. The van der Waals surface area contributed by atoms with Gasteiger partial charge in [0.2, 0.25) is 0 Å². The molecule has 1 aromatic heterocycles. The molecule has 112 valence electrons. The summed E-state index contributed by atoms with van der Waals surface area (Å²) < 4.78 is 5.51. The van der Waals surface area contributed by atoms with Gasteiger partial charge in [0.1, 0.15) is 5.75 Å². The zero-order chi connectivity index (χ0) is 15.1. The first-order valence-electron chi connectivity index (χ1n) is 7.63. The molecule has 0 aliphatic carbocycles. The van der Waals surface area contributed by atoms with E-state index in [0.717, 1.165) is 24.4 Å². The lowest BCUT2D eigenvalue weighted by molar-refractivity contribution is 0.340. The van der Waals surface area contributed by atoms with Crippen molar-refractivity contribution >= 4 is 0 Å². The second-order valence-electron chi connectivity index (χ2n) is 5.12. The first kappa shape index (κ1) is 15.5. The molecule has 1 atom stereocenters. The summed E-state index contributed by atoms with van der Waals surface area (Å²) in [5.74, 6) is 0.914. The van der Waals surface area contributed by atoms with Gasteiger partial charge in [-0.1, -0.05) is 25.1 Å². The van der Waals surface area contributed by atoms with Crippen LogP contribution in [0.3, 0.4) is 0 Å². The van der Waals surface area contributed by atoms with Crippen molar-refractivity contribution in [1.29, 1.82) is 0 Å². The number of hydrogen-bond donors (Lipinski definition) is 1. The minimum absolute atomic E-state index is 0.175. The molecular weight excluding hydrogens is 260 g/mol. The normalized spacial score (nSPS) is 12.1. The van der Waals surface area contributed by atoms with E-state index in [4.69, 9.17) is 4.74 Å². The molecular formula is C18H24N2O. The number of hydrogen-bond acceptors (Lipinski definition) is 3. The maximum Gasteiger partial charge on any atom is 0.119 e. The Hall–Kier alpha value is -1.87. The molecule has 0 spiro atoms. The molecule has 2 aromatic rings. The van der Waals surface area contributed by atoms with Crippen LogP contribution in [-0.4, -0.2) is 18.1 Å². The van der Waals surface area contributed by atoms with E-state index in [2.05, 4.69) is 41.5 Å². The van der Waals surface area contributed by atoms with Gasteiger partial charge in [0.25, 0.3) is 0 Å². The van der Waals surface area contributed by atoms with Crippen LogP contribution in [0.2, 0.25) is 0 Å². The third-order valence-corrected chi connectivity index (χ3v) is 3.39. The number of nitrogens with one attached hydrogen (secondary N) is 1. The smallest absolute Gasteiger partial charge is 0.119 e. The molecule has 1 unspecified atom stereocenters. The molecule has 2 rings (SSSR count). The largest absolute Gasteiger partial charge is 0.494 e. The molecule has 0 fully saturated rings. The predicted octanol–water partition coefficient (Wildman–Crippen LogP) is 3.88. The van der Waals surface area contributed by atoms with Gasteiger partial charge in [-0.3, -0.25) is 4.98 Å². The quantitative estimate of drug-likeness (QED) is 0.838. The van der Waals surface area contributed by atoms with Gasteiger partial charge in [-0.2, -0.15) is 0 Å². The second-order valence-corrected chi connectivity index (χ2v) is 5.12. The number of ether oxygens (including phenoxy) is 1. The summed E-state index contributed by atoms with van der Waals surface area (Å²) in [4.78, 5) is 4.42. The van der Waals surface area contributed by atoms with Crippen LogP contribution in [0.5, 0.6) is 5.75 Å². The summed E-state index contributed by atoms with van der Waals surface area (Å²) in [6, 6.07) is 12.7. The van der Waals surface area contributed by atoms with Crippen LogP contribution in [0, 0.1) is 6.92 Å². The highest BCUT2D eigenvalue weighted by molar-refractivity contribution is 5.35. The number of rotatable bonds is 7. The topological polar surface area (TPSA) is 34.1 Å². The molecule has 21 heavy (non-hydrogen) atoms. The molecule has 0 radical (unpaired) electrons. The van der Waals surface area contributed by atoms with Gasteiger partial charge in [0.05, 0.1) is 12.6 Å². The third-order valence-electron chi connectivity index (χ3n) is 3.39. The first-order valence-corrected chi connectivity index (χ1v) is 7.63. The van der Waals surface area contributed by atoms with Crippen LogP contribution in [0.25, 0.3) is 0 Å². The van der Waals surface area contributed by atoms with Crippen molar-refractivity contribution in [2.45, 2.75) is 33.2 Å². The Morgan fingerprint density at radius 1 is 1.05 bits per heavy atom. The fraction of sp³-hybridized carbons (Fsp3) is 0.389. The zero-order valence-electron chi connectivity index (χ0n) is 13.1. The maximum absolute atomic E-state index is 5.51. The van der Waals surface area contributed by atoms with Crippen molar-refractivity contribution < 1.29 is 4.74 Å². The monoisotopic (exact) mass is 284 g/mol. The maximum atomic E-state index is 5.51. The molecule has 0 saturated carbocycles. The molecule has 0 aliphatic heterocycles. The van der Waals surface area contributed by atoms with Crippen LogP contribution < -0.4 is 10.1 Å². The number of pyridine rings is 1. The summed E-state index contributed by atoms with van der Waals surface area (Å²) in [6.45, 7) is 7.85. The van der Waals surface area contributed by atoms with E-state index in [1.54, 1.807) is 0 Å². The lowest BCUT2D eigenvalue weighted by Crippen LogP contribution is -2.23. The van der Waals surface area contributed by atoms with Gasteiger partial charge in [0, 0.05) is 11.9 Å². The Morgan fingerprint density at radius 3 is 2.33 bits per heavy atom. The summed E-state index contributed by atoms with van der Waals surface area (Å²) in [5, 5.41) is 3.59. The van der Waals surface area contributed by atoms with Crippen molar-refractivity contribution in [3.8, 4) is 5.75 Å². The molecule has 1 heterocycles. The van der Waals surface area contributed by atoms with Gasteiger partial charge in [-0.25, -0.2) is 0 Å². The SMILES string of the molecule is CCCNC(c1ccc(OCC)cc1)c1ccc(C)nc1. The van der Waals surface area contributed by atoms with E-state index in [-0.39, 0.29) is 6.04 Å². The number of benzene rings is 1. The zero-order valence-corrected chi connectivity index (χ0v) is 13.1. The highest BCUT2D eigenvalue weighted by Crippen LogP contribution is 2.24. The van der Waals surface area contributed by atoms with Crippen molar-refractivity contribution in [1.82, 2.24) is 10.3 Å². The average molecular weight is 284 g/mol. The Kier molecular flexibility index (Phi) is 5.76. The highest BCUT2D eigenvalue weighted by Gasteiger charge is 2.13. The summed E-state index contributed by atoms with van der Waals surface area (Å²) >= 11 is 0. The lowest BCUT2D eigenvalue weighted by Gasteiger charge is -2.20. The van der Waals surface area contributed by atoms with Crippen LogP contribution in [0.4, 0.5) is 0 Å². The number of aryl methyl sites for hydroxylation is 1. The fourth-order valence-corrected chi connectivity index (χ4v) is 2.29. The van der Waals surface area contributed by atoms with Gasteiger partial charge in [-0.15, -0.1) is 0 Å². The summed E-state index contributed by atoms with van der Waals surface area (Å²) in [5.41, 5.74) is 3.47. The van der Waals surface area contributed by atoms with E-state index in [0.29, 0.717) is 6.61 Å². The minimum atomic E-state index is 0.175. The standard InChI is InChI=1S/C18H24N2O/c1-4-12-19-18(16-7-6-14(3)20-13-16)15-8-10-17(11-9-15)21-5-2/h6-11,13,18-19H,4-5,12H2,1-3H3. The van der Waals surface area contributed by atoms with Crippen molar-refractivity contribution in [2.75, 3.05) is 13.2 Å². The van der Waals surface area contributed by atoms with Crippen LogP contribution in [-0.2, 0) is 0 Å². The van der Waals surface area contributed by atoms with E-state index >= 15 is 0 Å². The minimum Gasteiger partial charge on any atom is -0.494 e. The first-order chi connectivity index (χ1) is 10.2. The Labute approximate surface area is 127 Å². The fourth-order valence-electron chi connectivity index (χ4n) is 2.29. The molecule has 0 aliphatic rings. The van der Waals surface area contributed by atoms with E-state index < -0.39 is 0 Å². The number of nitrogens with zero attached hydrogens (tertiary/aromatic N) is 1. The van der Waals surface area contributed by atoms with Gasteiger partial charge in [-0.05, 0) is 56.1 Å². The van der Waals surface area contributed by atoms with Crippen molar-refractivity contribution in [2.24, 2.45) is 0 Å². The van der Waals surface area contributed by atoms with E-state index in [9.17, 15) is 0 Å². The Morgan fingerprint density at radius 2 is 1.76 bits per heavy atom. The molecule has 3 heteroatoms. The average Bonchev–Trinajstić information content (AvgIpc) is 2.51. The van der Waals surface area contributed by atoms with Gasteiger partial charge < -0.3 is 10.1 Å². The van der Waals surface area contributed by atoms with Gasteiger partial charge >= 0.3 is 0 Å². The third kappa shape index (κ3) is 4.30. The van der Waals surface area contributed by atoms with Crippen molar-refractivity contribution in [3.63, 3.8) is 0 Å². The Balaban J connectivity index is 2.24. The second kappa shape index (κ2) is 7.79. The highest BCUT2D eigenvalue weighted by atomic mass is 16.5. The molecule has 1 aromatic carbocycles. The summed E-state index contributed by atoms with van der Waals surface area (Å²) in [7, 11) is 0. The van der Waals surface area contributed by atoms with Crippen molar-refractivity contribution in [3.05, 3.63) is 59.4 Å². The molecule has 0 amide bonds. The van der Waals surface area contributed by atoms with E-state index in [1.807, 2.05) is 32.2 Å². The van der Waals surface area contributed by atoms with Crippen LogP contribution in [0.15, 0.2) is 42.6 Å². The van der Waals surface area contributed by atoms with E-state index in [1.165, 1.54) is 11.1 Å². The Bertz CT molecular complexity index is 534. The predicted molar refractivity (Wildman–Crippen MR) is 86.7 cm³/mol. The van der Waals surface area contributed by atoms with Crippen LogP contribution >= 0.6 is 0 Å². The molecule has 0 saturated heterocycles. The van der Waals surface area contributed by atoms with Gasteiger partial charge in [0.15, 0.2) is 0 Å². The number of aromatic nitrogens is 1. The van der Waals surface area contributed by atoms with Crippen LogP contribution in [0.1, 0.15) is 43.1 Å². The molecule has 0 bridgehead atoms. The lowest BCUT2D eigenvalue weighted by atomic mass is 9.99.